The molecule has 2 aliphatic rings. The Balaban J connectivity index is 0.971. The number of aliphatic hydroxyl groups excluding tert-OH is 1. The number of aliphatic hydroxyl groups is 1. The summed E-state index contributed by atoms with van der Waals surface area (Å²) < 4.78 is 128. The van der Waals surface area contributed by atoms with Crippen LogP contribution in [0.15, 0.2) is 141 Å². The van der Waals surface area contributed by atoms with E-state index in [0.717, 1.165) is 45.2 Å². The molecule has 0 saturated carbocycles. The van der Waals surface area contributed by atoms with Crippen molar-refractivity contribution in [1.82, 2.24) is 9.47 Å². The number of anilines is 4. The quantitative estimate of drug-likeness (QED) is 0.0700. The molecular weight excluding hydrogens is 1040 g/mol. The van der Waals surface area contributed by atoms with E-state index >= 15 is 0 Å². The van der Waals surface area contributed by atoms with Crippen LogP contribution in [0.3, 0.4) is 0 Å². The van der Waals surface area contributed by atoms with Crippen molar-refractivity contribution in [2.24, 2.45) is 0 Å². The lowest BCUT2D eigenvalue weighted by molar-refractivity contribution is -0.0435. The second-order valence-corrected chi connectivity index (χ2v) is 25.3. The Hall–Kier alpha value is -5.22. The lowest BCUT2D eigenvalue weighted by atomic mass is 10.00. The van der Waals surface area contributed by atoms with Crippen LogP contribution < -0.4 is 19.8 Å². The zero-order valence-electron chi connectivity index (χ0n) is 40.5. The molecule has 2 aliphatic heterocycles. The fourth-order valence-corrected chi connectivity index (χ4v) is 14.0. The Morgan fingerprint density at radius 3 is 2.03 bits per heavy atom. The number of benzene rings is 5. The van der Waals surface area contributed by atoms with Crippen LogP contribution in [-0.4, -0.2) is 115 Å². The summed E-state index contributed by atoms with van der Waals surface area (Å²) in [6.07, 6.45) is 2.46. The standard InChI is InChI=1S/C52H58ClF3N6O7S4/c1-4-62-36(2)51(71(3,64)65)49(50(62)37-13-15-39(53)16-14-37)38-9-8-10-43(33-38)61-31-29-60(30-32-61)42-19-17-40(18-20-42)58-73(68,69)46-21-22-47(48(34-46)72(66,67)52(54,55)56)57-41(35-70-45-11-6-5-7-12-45)23-26-59-27-24-44(63)25-28-59/h5-22,33-34,41,44,57-58,63H,4,23-32,35H2,1-3H3/t41-/m1/s1. The molecule has 0 spiro atoms. The molecule has 2 fully saturated rings. The molecule has 390 valence electrons. The maximum atomic E-state index is 14.3. The molecule has 2 saturated heterocycles. The summed E-state index contributed by atoms with van der Waals surface area (Å²) in [5.74, 6) is 0.366. The molecule has 0 unspecified atom stereocenters. The van der Waals surface area contributed by atoms with Crippen molar-refractivity contribution in [2.45, 2.75) is 76.9 Å². The summed E-state index contributed by atoms with van der Waals surface area (Å²) in [5, 5.41) is 13.6. The fraction of sp³-hybridized carbons (Fsp3) is 0.346. The molecular formula is C52H58ClF3N6O7S4. The highest BCUT2D eigenvalue weighted by molar-refractivity contribution is 7.99. The minimum absolute atomic E-state index is 0.114. The van der Waals surface area contributed by atoms with Crippen molar-refractivity contribution in [2.75, 3.05) is 77.7 Å². The van der Waals surface area contributed by atoms with Crippen LogP contribution >= 0.6 is 23.4 Å². The zero-order chi connectivity index (χ0) is 52.3. The van der Waals surface area contributed by atoms with Gasteiger partial charge in [-0.3, -0.25) is 4.72 Å². The molecule has 0 amide bonds. The molecule has 1 atom stereocenters. The molecule has 13 nitrogen and oxygen atoms in total. The monoisotopic (exact) mass is 1100 g/mol. The predicted octanol–water partition coefficient (Wildman–Crippen LogP) is 10.0. The smallest absolute Gasteiger partial charge is 0.393 e. The van der Waals surface area contributed by atoms with Gasteiger partial charge < -0.3 is 29.7 Å². The lowest BCUT2D eigenvalue weighted by Crippen LogP contribution is -2.46. The number of halogens is 4. The predicted molar refractivity (Wildman–Crippen MR) is 286 cm³/mol. The van der Waals surface area contributed by atoms with Gasteiger partial charge in [0.05, 0.1) is 27.3 Å². The van der Waals surface area contributed by atoms with Gasteiger partial charge in [0.2, 0.25) is 0 Å². The Morgan fingerprint density at radius 2 is 1.41 bits per heavy atom. The maximum Gasteiger partial charge on any atom is 0.501 e. The van der Waals surface area contributed by atoms with Crippen molar-refractivity contribution < 1.29 is 43.5 Å². The minimum atomic E-state index is -6.03. The van der Waals surface area contributed by atoms with Gasteiger partial charge in [0.25, 0.3) is 19.9 Å². The number of aromatic nitrogens is 1. The molecule has 1 aromatic heterocycles. The summed E-state index contributed by atoms with van der Waals surface area (Å²) in [5.41, 5.74) is -0.605. The number of piperidine rings is 1. The van der Waals surface area contributed by atoms with Gasteiger partial charge in [0.15, 0.2) is 9.84 Å². The second-order valence-electron chi connectivity index (χ2n) is 18.3. The molecule has 21 heteroatoms. The minimum Gasteiger partial charge on any atom is -0.393 e. The average Bonchev–Trinajstić information content (AvgIpc) is 3.68. The van der Waals surface area contributed by atoms with Gasteiger partial charge in [0.1, 0.15) is 4.90 Å². The Morgan fingerprint density at radius 1 is 0.767 bits per heavy atom. The third-order valence-electron chi connectivity index (χ3n) is 13.3. The Bertz CT molecular complexity index is 3240. The first kappa shape index (κ1) is 54.1. The summed E-state index contributed by atoms with van der Waals surface area (Å²) >= 11 is 7.69. The average molecular weight is 1100 g/mol. The van der Waals surface area contributed by atoms with Gasteiger partial charge in [-0.05, 0) is 123 Å². The number of alkyl halides is 3. The van der Waals surface area contributed by atoms with Crippen LogP contribution in [0.4, 0.5) is 35.9 Å². The van der Waals surface area contributed by atoms with Crippen LogP contribution in [0.5, 0.6) is 0 Å². The Labute approximate surface area is 435 Å². The molecule has 5 aromatic carbocycles. The number of nitrogens with zero attached hydrogens (tertiary/aromatic N) is 4. The highest BCUT2D eigenvalue weighted by atomic mass is 35.5. The van der Waals surface area contributed by atoms with E-state index in [1.807, 2.05) is 85.1 Å². The normalized spacial score (nSPS) is 15.9. The van der Waals surface area contributed by atoms with E-state index in [1.54, 1.807) is 24.3 Å². The third-order valence-corrected chi connectivity index (χ3v) is 18.9. The van der Waals surface area contributed by atoms with Crippen molar-refractivity contribution in [3.63, 3.8) is 0 Å². The molecule has 0 bridgehead atoms. The largest absolute Gasteiger partial charge is 0.501 e. The molecule has 3 heterocycles. The van der Waals surface area contributed by atoms with Crippen LogP contribution in [0, 0.1) is 6.92 Å². The second kappa shape index (κ2) is 22.3. The highest BCUT2D eigenvalue weighted by Gasteiger charge is 2.48. The molecule has 0 aliphatic carbocycles. The van der Waals surface area contributed by atoms with E-state index in [1.165, 1.54) is 30.2 Å². The Kier molecular flexibility index (Phi) is 16.5. The first-order valence-electron chi connectivity index (χ1n) is 23.9. The number of sulfonamides is 1. The SMILES string of the molecule is CCn1c(C)c(S(C)(=O)=O)c(-c2cccc(N3CCN(c4ccc(NS(=O)(=O)c5ccc(N[C@H](CCN6CCC(O)CC6)CSc6ccccc6)c(S(=O)(=O)C(F)(F)F)c5)cc4)CC3)c2)c1-c1ccc(Cl)cc1. The topological polar surface area (TPSA) is 161 Å². The zero-order valence-corrected chi connectivity index (χ0v) is 44.5. The van der Waals surface area contributed by atoms with Crippen molar-refractivity contribution >= 4 is 75.8 Å². The molecule has 6 aromatic rings. The van der Waals surface area contributed by atoms with Gasteiger partial charge in [-0.1, -0.05) is 54.1 Å². The van der Waals surface area contributed by atoms with E-state index in [0.29, 0.717) is 99.7 Å². The number of likely N-dealkylation sites (tertiary alicyclic amines) is 1. The van der Waals surface area contributed by atoms with Crippen LogP contribution in [-0.2, 0) is 36.2 Å². The number of thioether (sulfide) groups is 1. The summed E-state index contributed by atoms with van der Waals surface area (Å²) in [7, 11) is -14.3. The van der Waals surface area contributed by atoms with E-state index < -0.39 is 57.1 Å². The lowest BCUT2D eigenvalue weighted by Gasteiger charge is -2.37. The first-order valence-corrected chi connectivity index (χ1v) is 30.1. The summed E-state index contributed by atoms with van der Waals surface area (Å²) in [6.45, 7) is 8.60. The van der Waals surface area contributed by atoms with E-state index in [4.69, 9.17) is 11.6 Å². The number of nitrogens with one attached hydrogen (secondary N) is 2. The van der Waals surface area contributed by atoms with E-state index in [-0.39, 0.29) is 16.3 Å². The van der Waals surface area contributed by atoms with Crippen LogP contribution in [0.2, 0.25) is 5.02 Å². The van der Waals surface area contributed by atoms with Gasteiger partial charge >= 0.3 is 5.51 Å². The summed E-state index contributed by atoms with van der Waals surface area (Å²) in [4.78, 5) is 5.81. The van der Waals surface area contributed by atoms with Crippen molar-refractivity contribution in [3.05, 3.63) is 132 Å². The van der Waals surface area contributed by atoms with Crippen LogP contribution in [0.1, 0.15) is 31.9 Å². The van der Waals surface area contributed by atoms with Gasteiger partial charge in [0, 0.05) is 109 Å². The number of sulfone groups is 2. The fourth-order valence-electron chi connectivity index (χ4n) is 9.52. The van der Waals surface area contributed by atoms with E-state index in [2.05, 4.69) is 24.7 Å². The van der Waals surface area contributed by atoms with Gasteiger partial charge in [-0.15, -0.1) is 11.8 Å². The molecule has 3 N–H and O–H groups in total. The highest BCUT2D eigenvalue weighted by Crippen LogP contribution is 2.43. The third kappa shape index (κ3) is 12.5. The molecule has 0 radical (unpaired) electrons. The van der Waals surface area contributed by atoms with Crippen molar-refractivity contribution in [1.29, 1.82) is 0 Å². The number of rotatable bonds is 18. The van der Waals surface area contributed by atoms with Gasteiger partial charge in [-0.2, -0.15) is 13.2 Å². The number of hydrogen-bond donors (Lipinski definition) is 3. The van der Waals surface area contributed by atoms with E-state index in [9.17, 15) is 43.5 Å². The maximum absolute atomic E-state index is 14.3. The molecule has 8 rings (SSSR count). The van der Waals surface area contributed by atoms with Gasteiger partial charge in [-0.25, -0.2) is 25.3 Å². The summed E-state index contributed by atoms with van der Waals surface area (Å²) in [6, 6.07) is 33.3. The number of hydrogen-bond acceptors (Lipinski definition) is 12. The van der Waals surface area contributed by atoms with Crippen LogP contribution in [0.25, 0.3) is 22.4 Å². The van der Waals surface area contributed by atoms with Crippen molar-refractivity contribution in [3.8, 4) is 22.4 Å². The first-order chi connectivity index (χ1) is 34.6. The number of piperazine rings is 1. The molecule has 73 heavy (non-hydrogen) atoms.